The molecule has 8 heteroatoms. The van der Waals surface area contributed by atoms with Gasteiger partial charge in [0.2, 0.25) is 20.0 Å². The van der Waals surface area contributed by atoms with E-state index >= 15 is 0 Å². The molecule has 142 valence electrons. The van der Waals surface area contributed by atoms with Gasteiger partial charge in [-0.05, 0) is 31.0 Å². The Morgan fingerprint density at radius 3 is 2.12 bits per heavy atom. The predicted octanol–water partition coefficient (Wildman–Crippen LogP) is 1.92. The number of aryl methyl sites for hydroxylation is 2. The van der Waals surface area contributed by atoms with Crippen LogP contribution in [0, 0.1) is 6.92 Å². The third kappa shape index (κ3) is 6.44. The first-order chi connectivity index (χ1) is 12.2. The Balaban J connectivity index is 1.95. The third-order valence-corrected chi connectivity index (χ3v) is 6.44. The van der Waals surface area contributed by atoms with Crippen LogP contribution in [-0.4, -0.2) is 41.9 Å². The zero-order valence-corrected chi connectivity index (χ0v) is 16.6. The fraction of sp³-hybridized carbons (Fsp3) is 0.333. The van der Waals surface area contributed by atoms with Crippen molar-refractivity contribution in [3.8, 4) is 0 Å². The second kappa shape index (κ2) is 8.66. The Labute approximate surface area is 156 Å². The summed E-state index contributed by atoms with van der Waals surface area (Å²) in [6.45, 7) is 1.96. The summed E-state index contributed by atoms with van der Waals surface area (Å²) in [5.74, 6) is -0.0412. The van der Waals surface area contributed by atoms with Crippen LogP contribution in [0.1, 0.15) is 11.1 Å². The Morgan fingerprint density at radius 2 is 1.54 bits per heavy atom. The van der Waals surface area contributed by atoms with E-state index in [1.165, 1.54) is 4.31 Å². The van der Waals surface area contributed by atoms with Gasteiger partial charge in [0.15, 0.2) is 0 Å². The van der Waals surface area contributed by atoms with E-state index in [-0.39, 0.29) is 18.8 Å². The number of hydrogen-bond acceptors (Lipinski definition) is 4. The lowest BCUT2D eigenvalue weighted by molar-refractivity contribution is 0.577. The summed E-state index contributed by atoms with van der Waals surface area (Å²) in [5.41, 5.74) is 2.47. The van der Waals surface area contributed by atoms with Crippen LogP contribution in [0.15, 0.2) is 54.6 Å². The van der Waals surface area contributed by atoms with Crippen molar-refractivity contribution in [1.29, 1.82) is 0 Å². The largest absolute Gasteiger partial charge is 0.269 e. The van der Waals surface area contributed by atoms with Crippen molar-refractivity contribution in [2.75, 3.05) is 29.4 Å². The molecule has 2 aromatic rings. The van der Waals surface area contributed by atoms with Gasteiger partial charge in [-0.3, -0.25) is 4.31 Å². The molecule has 0 aromatic heterocycles. The van der Waals surface area contributed by atoms with E-state index in [1.807, 2.05) is 49.4 Å². The molecule has 0 fully saturated rings. The average Bonchev–Trinajstić information content (AvgIpc) is 2.58. The molecule has 0 aliphatic rings. The molecular weight excluding hydrogens is 372 g/mol. The lowest BCUT2D eigenvalue weighted by Gasteiger charge is -2.22. The summed E-state index contributed by atoms with van der Waals surface area (Å²) in [5, 5.41) is 0. The minimum absolute atomic E-state index is 0.0120. The normalized spacial score (nSPS) is 12.1. The van der Waals surface area contributed by atoms with Gasteiger partial charge in [0.1, 0.15) is 0 Å². The van der Waals surface area contributed by atoms with Crippen molar-refractivity contribution in [1.82, 2.24) is 4.72 Å². The summed E-state index contributed by atoms with van der Waals surface area (Å²) >= 11 is 0. The molecule has 1 N–H and O–H groups in total. The third-order valence-electron chi connectivity index (χ3n) is 3.86. The standard InChI is InChI=1S/C18H24N2O4S2/c1-16-8-10-18(11-9-16)20(25(2,21)22)14-13-19-26(23,24)15-12-17-6-4-3-5-7-17/h3-11,19H,12-15H2,1-2H3. The minimum atomic E-state index is -3.51. The molecule has 0 heterocycles. The Morgan fingerprint density at radius 1 is 0.923 bits per heavy atom. The summed E-state index contributed by atoms with van der Waals surface area (Å²) in [4.78, 5) is 0. The Kier molecular flexibility index (Phi) is 6.80. The van der Waals surface area contributed by atoms with Crippen LogP contribution in [0.3, 0.4) is 0 Å². The van der Waals surface area contributed by atoms with Crippen LogP contribution in [-0.2, 0) is 26.5 Å². The van der Waals surface area contributed by atoms with Crippen molar-refractivity contribution in [3.63, 3.8) is 0 Å². The molecular formula is C18H24N2O4S2. The molecule has 0 atom stereocenters. The van der Waals surface area contributed by atoms with Crippen molar-refractivity contribution in [2.45, 2.75) is 13.3 Å². The van der Waals surface area contributed by atoms with Crippen molar-refractivity contribution < 1.29 is 16.8 Å². The van der Waals surface area contributed by atoms with Gasteiger partial charge < -0.3 is 0 Å². The molecule has 0 radical (unpaired) electrons. The fourth-order valence-corrected chi connectivity index (χ4v) is 4.45. The lowest BCUT2D eigenvalue weighted by Crippen LogP contribution is -2.39. The molecule has 0 spiro atoms. The zero-order valence-electron chi connectivity index (χ0n) is 14.9. The summed E-state index contributed by atoms with van der Waals surface area (Å²) < 4.78 is 52.0. The zero-order chi connectivity index (χ0) is 19.2. The van der Waals surface area contributed by atoms with Gasteiger partial charge in [-0.2, -0.15) is 0 Å². The second-order valence-corrected chi connectivity index (χ2v) is 9.95. The number of hydrogen-bond donors (Lipinski definition) is 1. The van der Waals surface area contributed by atoms with E-state index < -0.39 is 20.0 Å². The molecule has 0 saturated heterocycles. The van der Waals surface area contributed by atoms with Crippen LogP contribution < -0.4 is 9.03 Å². The molecule has 26 heavy (non-hydrogen) atoms. The van der Waals surface area contributed by atoms with Gasteiger partial charge in [0.25, 0.3) is 0 Å². The maximum atomic E-state index is 12.1. The average molecular weight is 397 g/mol. The minimum Gasteiger partial charge on any atom is -0.269 e. The first-order valence-electron chi connectivity index (χ1n) is 8.23. The van der Waals surface area contributed by atoms with Gasteiger partial charge in [-0.15, -0.1) is 0 Å². The topological polar surface area (TPSA) is 83.6 Å². The first-order valence-corrected chi connectivity index (χ1v) is 11.7. The van der Waals surface area contributed by atoms with Crippen molar-refractivity contribution in [3.05, 3.63) is 65.7 Å². The monoisotopic (exact) mass is 396 g/mol. The van der Waals surface area contributed by atoms with E-state index in [0.29, 0.717) is 12.1 Å². The molecule has 6 nitrogen and oxygen atoms in total. The molecule has 0 amide bonds. The number of nitrogens with one attached hydrogen (secondary N) is 1. The molecule has 0 aliphatic heterocycles. The Hall–Kier alpha value is -1.90. The van der Waals surface area contributed by atoms with E-state index in [4.69, 9.17) is 0 Å². The van der Waals surface area contributed by atoms with Crippen LogP contribution in [0.25, 0.3) is 0 Å². The van der Waals surface area contributed by atoms with Crippen molar-refractivity contribution >= 4 is 25.7 Å². The summed E-state index contributed by atoms with van der Waals surface area (Å²) in [6, 6.07) is 16.4. The molecule has 0 bridgehead atoms. The lowest BCUT2D eigenvalue weighted by atomic mass is 10.2. The first kappa shape index (κ1) is 20.4. The smallest absolute Gasteiger partial charge is 0.232 e. The Bertz CT molecular complexity index is 909. The van der Waals surface area contributed by atoms with Gasteiger partial charge in [0, 0.05) is 13.1 Å². The molecule has 0 aliphatic carbocycles. The van der Waals surface area contributed by atoms with E-state index in [0.717, 1.165) is 17.4 Å². The number of benzene rings is 2. The highest BCUT2D eigenvalue weighted by molar-refractivity contribution is 7.92. The highest BCUT2D eigenvalue weighted by Gasteiger charge is 2.18. The predicted molar refractivity (Wildman–Crippen MR) is 105 cm³/mol. The van der Waals surface area contributed by atoms with Crippen LogP contribution in [0.2, 0.25) is 0 Å². The highest BCUT2D eigenvalue weighted by atomic mass is 32.2. The van der Waals surface area contributed by atoms with Crippen LogP contribution in [0.5, 0.6) is 0 Å². The van der Waals surface area contributed by atoms with Gasteiger partial charge in [0.05, 0.1) is 17.7 Å². The van der Waals surface area contributed by atoms with Crippen molar-refractivity contribution in [2.24, 2.45) is 0 Å². The van der Waals surface area contributed by atoms with Crippen LogP contribution >= 0.6 is 0 Å². The molecule has 0 saturated carbocycles. The number of sulfonamides is 2. The summed E-state index contributed by atoms with van der Waals surface area (Å²) in [7, 11) is -6.99. The van der Waals surface area contributed by atoms with Gasteiger partial charge >= 0.3 is 0 Å². The number of nitrogens with zero attached hydrogens (tertiary/aromatic N) is 1. The number of rotatable bonds is 9. The molecule has 2 rings (SSSR count). The molecule has 0 unspecified atom stereocenters. The fourth-order valence-electron chi connectivity index (χ4n) is 2.47. The van der Waals surface area contributed by atoms with E-state index in [2.05, 4.69) is 4.72 Å². The molecule has 2 aromatic carbocycles. The SMILES string of the molecule is Cc1ccc(N(CCNS(=O)(=O)CCc2ccccc2)S(C)(=O)=O)cc1. The van der Waals surface area contributed by atoms with Gasteiger partial charge in [-0.1, -0.05) is 48.0 Å². The maximum absolute atomic E-state index is 12.1. The van der Waals surface area contributed by atoms with E-state index in [1.54, 1.807) is 12.1 Å². The maximum Gasteiger partial charge on any atom is 0.232 e. The number of anilines is 1. The summed E-state index contributed by atoms with van der Waals surface area (Å²) in [6.07, 6.45) is 1.51. The van der Waals surface area contributed by atoms with Gasteiger partial charge in [-0.25, -0.2) is 21.6 Å². The van der Waals surface area contributed by atoms with Crippen LogP contribution in [0.4, 0.5) is 5.69 Å². The second-order valence-electron chi connectivity index (χ2n) is 6.12. The van der Waals surface area contributed by atoms with E-state index in [9.17, 15) is 16.8 Å². The quantitative estimate of drug-likeness (QED) is 0.702. The highest BCUT2D eigenvalue weighted by Crippen LogP contribution is 2.17.